The molecule has 0 saturated carbocycles. The van der Waals surface area contributed by atoms with Crippen molar-refractivity contribution in [2.75, 3.05) is 0 Å². The second kappa shape index (κ2) is 3.90. The van der Waals surface area contributed by atoms with Crippen molar-refractivity contribution in [2.45, 2.75) is 26.3 Å². The molecule has 5 heteroatoms. The number of nitrogens with zero attached hydrogens (tertiary/aromatic N) is 1. The van der Waals surface area contributed by atoms with E-state index in [1.54, 1.807) is 13.8 Å². The number of rotatable bonds is 4. The van der Waals surface area contributed by atoms with E-state index in [-0.39, 0.29) is 5.92 Å². The Hall–Kier alpha value is -1.13. The summed E-state index contributed by atoms with van der Waals surface area (Å²) < 4.78 is 0. The van der Waals surface area contributed by atoms with Crippen LogP contribution in [0.1, 0.15) is 20.3 Å². The zero-order valence-corrected chi connectivity index (χ0v) is 6.48. The minimum atomic E-state index is -1.12. The fraction of sp³-hybridized carbons (Fsp3) is 0.833. The molecule has 0 heterocycles. The Balaban J connectivity index is 4.12. The summed E-state index contributed by atoms with van der Waals surface area (Å²) in [6.45, 7) is 3.27. The van der Waals surface area contributed by atoms with E-state index in [9.17, 15) is 14.9 Å². The first-order valence-electron chi connectivity index (χ1n) is 3.30. The van der Waals surface area contributed by atoms with Gasteiger partial charge in [-0.25, -0.2) is 0 Å². The highest BCUT2D eigenvalue weighted by Gasteiger charge is 2.27. The monoisotopic (exact) mass is 161 g/mol. The van der Waals surface area contributed by atoms with Crippen LogP contribution in [0.3, 0.4) is 0 Å². The summed E-state index contributed by atoms with van der Waals surface area (Å²) in [5, 5.41) is 18.5. The fourth-order valence-corrected chi connectivity index (χ4v) is 0.733. The van der Waals surface area contributed by atoms with Gasteiger partial charge in [0.2, 0.25) is 6.04 Å². The Morgan fingerprint density at radius 2 is 2.09 bits per heavy atom. The summed E-state index contributed by atoms with van der Waals surface area (Å²) in [4.78, 5) is 19.8. The number of nitro groups is 1. The Morgan fingerprint density at radius 1 is 1.64 bits per heavy atom. The zero-order valence-electron chi connectivity index (χ0n) is 6.48. The van der Waals surface area contributed by atoms with Crippen LogP contribution < -0.4 is 0 Å². The lowest BCUT2D eigenvalue weighted by molar-refractivity contribution is -0.529. The molecule has 1 atom stereocenters. The van der Waals surface area contributed by atoms with Gasteiger partial charge in [-0.3, -0.25) is 14.9 Å². The van der Waals surface area contributed by atoms with Crippen LogP contribution in [-0.2, 0) is 4.79 Å². The number of carbonyl (C=O) groups is 1. The summed E-state index contributed by atoms with van der Waals surface area (Å²) in [7, 11) is 0. The summed E-state index contributed by atoms with van der Waals surface area (Å²) in [5.41, 5.74) is 0. The molecule has 0 aliphatic heterocycles. The Bertz CT molecular complexity index is 166. The van der Waals surface area contributed by atoms with E-state index >= 15 is 0 Å². The van der Waals surface area contributed by atoms with Crippen molar-refractivity contribution in [3.63, 3.8) is 0 Å². The lowest BCUT2D eigenvalue weighted by Gasteiger charge is -2.09. The van der Waals surface area contributed by atoms with Gasteiger partial charge >= 0.3 is 5.97 Å². The Morgan fingerprint density at radius 3 is 2.18 bits per heavy atom. The molecule has 0 saturated heterocycles. The number of hydrogen-bond donors (Lipinski definition) is 1. The van der Waals surface area contributed by atoms with Crippen LogP contribution in [0.5, 0.6) is 0 Å². The molecule has 0 amide bonds. The summed E-state index contributed by atoms with van der Waals surface area (Å²) in [5.74, 6) is -1.36. The molecule has 0 rings (SSSR count). The van der Waals surface area contributed by atoms with Gasteiger partial charge in [-0.2, -0.15) is 0 Å². The Labute approximate surface area is 64.2 Å². The predicted molar refractivity (Wildman–Crippen MR) is 37.9 cm³/mol. The number of carboxylic acids is 1. The number of hydrogen-bond acceptors (Lipinski definition) is 3. The fourth-order valence-electron chi connectivity index (χ4n) is 0.733. The van der Waals surface area contributed by atoms with Crippen molar-refractivity contribution < 1.29 is 14.8 Å². The summed E-state index contributed by atoms with van der Waals surface area (Å²) in [6, 6.07) is -0.965. The molecule has 0 aromatic rings. The van der Waals surface area contributed by atoms with Crippen molar-refractivity contribution in [2.24, 2.45) is 5.92 Å². The normalized spacial score (nSPS) is 13.0. The van der Waals surface area contributed by atoms with Crippen LogP contribution in [0.2, 0.25) is 0 Å². The molecular weight excluding hydrogens is 150 g/mol. The third-order valence-electron chi connectivity index (χ3n) is 1.42. The van der Waals surface area contributed by atoms with Gasteiger partial charge in [0, 0.05) is 10.8 Å². The first-order valence-corrected chi connectivity index (χ1v) is 3.30. The average molecular weight is 161 g/mol. The zero-order chi connectivity index (χ0) is 9.02. The van der Waals surface area contributed by atoms with Crippen LogP contribution in [0.25, 0.3) is 0 Å². The van der Waals surface area contributed by atoms with E-state index in [0.29, 0.717) is 0 Å². The van der Waals surface area contributed by atoms with Crippen molar-refractivity contribution in [3.05, 3.63) is 10.1 Å². The third-order valence-corrected chi connectivity index (χ3v) is 1.42. The van der Waals surface area contributed by atoms with E-state index in [1.165, 1.54) is 0 Å². The molecule has 1 unspecified atom stereocenters. The van der Waals surface area contributed by atoms with Gasteiger partial charge in [0.25, 0.3) is 0 Å². The van der Waals surface area contributed by atoms with E-state index in [4.69, 9.17) is 5.11 Å². The smallest absolute Gasteiger partial charge is 0.310 e. The van der Waals surface area contributed by atoms with Crippen molar-refractivity contribution >= 4 is 5.97 Å². The molecule has 0 aliphatic rings. The molecule has 1 N–H and O–H groups in total. The Kier molecular flexibility index (Phi) is 3.50. The second-order valence-electron chi connectivity index (χ2n) is 2.69. The van der Waals surface area contributed by atoms with E-state index in [0.717, 1.165) is 0 Å². The van der Waals surface area contributed by atoms with Gasteiger partial charge < -0.3 is 5.11 Å². The maximum atomic E-state index is 10.2. The maximum absolute atomic E-state index is 10.2. The van der Waals surface area contributed by atoms with Crippen molar-refractivity contribution in [1.82, 2.24) is 0 Å². The molecule has 0 aromatic heterocycles. The summed E-state index contributed by atoms with van der Waals surface area (Å²) in [6.07, 6.45) is -0.398. The molecule has 0 bridgehead atoms. The highest BCUT2D eigenvalue weighted by atomic mass is 16.6. The van der Waals surface area contributed by atoms with Gasteiger partial charge in [-0.15, -0.1) is 0 Å². The molecule has 0 aliphatic carbocycles. The molecular formula is C6H11NO4. The van der Waals surface area contributed by atoms with Crippen LogP contribution in [-0.4, -0.2) is 22.0 Å². The quantitative estimate of drug-likeness (QED) is 0.487. The first-order chi connectivity index (χ1) is 4.95. The SMILES string of the molecule is CC(C)C(CC(=O)O)[N+](=O)[O-]. The van der Waals surface area contributed by atoms with Crippen LogP contribution in [0.4, 0.5) is 0 Å². The first kappa shape index (κ1) is 9.87. The molecule has 0 spiro atoms. The van der Waals surface area contributed by atoms with Gasteiger partial charge in [0.15, 0.2) is 0 Å². The molecule has 0 aromatic carbocycles. The number of carboxylic acid groups (broad SMARTS) is 1. The third kappa shape index (κ3) is 3.54. The molecule has 0 radical (unpaired) electrons. The van der Waals surface area contributed by atoms with Gasteiger partial charge in [-0.05, 0) is 0 Å². The van der Waals surface area contributed by atoms with E-state index in [1.807, 2.05) is 0 Å². The molecule has 64 valence electrons. The van der Waals surface area contributed by atoms with Gasteiger partial charge in [-0.1, -0.05) is 13.8 Å². The number of aliphatic carboxylic acids is 1. The van der Waals surface area contributed by atoms with Crippen molar-refractivity contribution in [3.8, 4) is 0 Å². The predicted octanol–water partition coefficient (Wildman–Crippen LogP) is 0.762. The largest absolute Gasteiger partial charge is 0.481 e. The van der Waals surface area contributed by atoms with Gasteiger partial charge in [0.05, 0.1) is 0 Å². The topological polar surface area (TPSA) is 80.4 Å². The molecule has 11 heavy (non-hydrogen) atoms. The van der Waals surface area contributed by atoms with E-state index in [2.05, 4.69) is 0 Å². The lowest BCUT2D eigenvalue weighted by Crippen LogP contribution is -2.28. The molecule has 0 fully saturated rings. The highest BCUT2D eigenvalue weighted by molar-refractivity contribution is 5.67. The minimum absolute atomic E-state index is 0.235. The second-order valence-corrected chi connectivity index (χ2v) is 2.69. The average Bonchev–Trinajstić information content (AvgIpc) is 1.81. The molecule has 5 nitrogen and oxygen atoms in total. The van der Waals surface area contributed by atoms with Crippen LogP contribution >= 0.6 is 0 Å². The minimum Gasteiger partial charge on any atom is -0.481 e. The van der Waals surface area contributed by atoms with E-state index < -0.39 is 23.4 Å². The van der Waals surface area contributed by atoms with Gasteiger partial charge in [0.1, 0.15) is 6.42 Å². The summed E-state index contributed by atoms with van der Waals surface area (Å²) >= 11 is 0. The lowest BCUT2D eigenvalue weighted by atomic mass is 10.0. The van der Waals surface area contributed by atoms with Crippen LogP contribution in [0, 0.1) is 16.0 Å². The standard InChI is InChI=1S/C6H11NO4/c1-4(2)5(7(10)11)3-6(8)9/h4-5H,3H2,1-2H3,(H,8,9). The van der Waals surface area contributed by atoms with Crippen LogP contribution in [0.15, 0.2) is 0 Å². The van der Waals surface area contributed by atoms with Crippen molar-refractivity contribution in [1.29, 1.82) is 0 Å². The highest BCUT2D eigenvalue weighted by Crippen LogP contribution is 2.09. The maximum Gasteiger partial charge on any atom is 0.310 e.